The van der Waals surface area contributed by atoms with Crippen LogP contribution in [0, 0.1) is 17.2 Å². The molecule has 1 aromatic heterocycles. The fourth-order valence-corrected chi connectivity index (χ4v) is 1.24. The summed E-state index contributed by atoms with van der Waals surface area (Å²) in [6.45, 7) is 1.49. The number of anilines is 1. The van der Waals surface area contributed by atoms with E-state index in [9.17, 15) is 9.59 Å². The average molecular weight is 190 g/mol. The second-order valence-electron chi connectivity index (χ2n) is 2.98. The molecule has 6 heteroatoms. The van der Waals surface area contributed by atoms with E-state index in [4.69, 9.17) is 5.26 Å². The van der Waals surface area contributed by atoms with Crippen LogP contribution in [0.2, 0.25) is 0 Å². The summed E-state index contributed by atoms with van der Waals surface area (Å²) in [4.78, 5) is 22.7. The highest BCUT2D eigenvalue weighted by atomic mass is 16.2. The van der Waals surface area contributed by atoms with Crippen LogP contribution in [0.4, 0.5) is 5.82 Å². The Kier molecular flexibility index (Phi) is 1.61. The third kappa shape index (κ3) is 0.925. The molecule has 1 aliphatic heterocycles. The SMILES string of the molecule is CC1C(=O)Nc2c(C#N)cnn2C1=O. The van der Waals surface area contributed by atoms with Crippen LogP contribution in [0.15, 0.2) is 6.20 Å². The van der Waals surface area contributed by atoms with E-state index in [0.717, 1.165) is 4.68 Å². The number of hydrogen-bond acceptors (Lipinski definition) is 4. The minimum atomic E-state index is -0.756. The molecule has 6 nitrogen and oxygen atoms in total. The summed E-state index contributed by atoms with van der Waals surface area (Å²) in [7, 11) is 0. The Morgan fingerprint density at radius 2 is 2.36 bits per heavy atom. The number of fused-ring (bicyclic) bond motifs is 1. The van der Waals surface area contributed by atoms with E-state index in [-0.39, 0.29) is 11.4 Å². The Morgan fingerprint density at radius 3 is 3.00 bits per heavy atom. The summed E-state index contributed by atoms with van der Waals surface area (Å²) < 4.78 is 1.05. The number of nitrogens with zero attached hydrogens (tertiary/aromatic N) is 3. The van der Waals surface area contributed by atoms with Crippen LogP contribution < -0.4 is 5.32 Å². The highest BCUT2D eigenvalue weighted by Crippen LogP contribution is 2.21. The molecule has 2 heterocycles. The van der Waals surface area contributed by atoms with E-state index in [1.165, 1.54) is 13.1 Å². The normalized spacial score (nSPS) is 19.9. The van der Waals surface area contributed by atoms with Crippen LogP contribution in [-0.4, -0.2) is 21.6 Å². The lowest BCUT2D eigenvalue weighted by Crippen LogP contribution is -2.38. The van der Waals surface area contributed by atoms with E-state index in [1.807, 2.05) is 6.07 Å². The summed E-state index contributed by atoms with van der Waals surface area (Å²) in [5.41, 5.74) is 0.193. The number of rotatable bonds is 0. The van der Waals surface area contributed by atoms with Crippen LogP contribution in [0.3, 0.4) is 0 Å². The second kappa shape index (κ2) is 2.67. The van der Waals surface area contributed by atoms with Gasteiger partial charge in [-0.3, -0.25) is 9.59 Å². The molecule has 14 heavy (non-hydrogen) atoms. The van der Waals surface area contributed by atoms with Gasteiger partial charge in [0.2, 0.25) is 5.91 Å². The summed E-state index contributed by atoms with van der Waals surface area (Å²) in [6.07, 6.45) is 1.26. The molecule has 0 radical (unpaired) electrons. The van der Waals surface area contributed by atoms with E-state index in [1.54, 1.807) is 0 Å². The first-order valence-corrected chi connectivity index (χ1v) is 3.98. The van der Waals surface area contributed by atoms with Gasteiger partial charge >= 0.3 is 0 Å². The lowest BCUT2D eigenvalue weighted by atomic mass is 10.1. The van der Waals surface area contributed by atoms with Crippen molar-refractivity contribution in [2.75, 3.05) is 5.32 Å². The van der Waals surface area contributed by atoms with Crippen LogP contribution in [0.5, 0.6) is 0 Å². The summed E-state index contributed by atoms with van der Waals surface area (Å²) in [5.74, 6) is -1.40. The molecule has 0 aromatic carbocycles. The predicted molar refractivity (Wildman–Crippen MR) is 45.4 cm³/mol. The predicted octanol–water partition coefficient (Wildman–Crippen LogP) is -0.0168. The minimum absolute atomic E-state index is 0.167. The lowest BCUT2D eigenvalue weighted by Gasteiger charge is -2.18. The smallest absolute Gasteiger partial charge is 0.261 e. The highest BCUT2D eigenvalue weighted by molar-refractivity contribution is 6.11. The molecule has 1 amide bonds. The molecule has 0 aliphatic carbocycles. The van der Waals surface area contributed by atoms with Gasteiger partial charge in [-0.15, -0.1) is 0 Å². The largest absolute Gasteiger partial charge is 0.309 e. The molecule has 1 N–H and O–H groups in total. The van der Waals surface area contributed by atoms with Crippen molar-refractivity contribution < 1.29 is 9.59 Å². The molecule has 0 fully saturated rings. The topological polar surface area (TPSA) is 87.8 Å². The van der Waals surface area contributed by atoms with Crippen molar-refractivity contribution in [2.24, 2.45) is 5.92 Å². The van der Waals surface area contributed by atoms with Gasteiger partial charge in [-0.2, -0.15) is 15.0 Å². The zero-order chi connectivity index (χ0) is 10.3. The number of carbonyl (C=O) groups excluding carboxylic acids is 2. The number of nitrogens with one attached hydrogen (secondary N) is 1. The molecule has 0 saturated heterocycles. The molecule has 70 valence electrons. The van der Waals surface area contributed by atoms with E-state index >= 15 is 0 Å². The van der Waals surface area contributed by atoms with Gasteiger partial charge in [0.05, 0.1) is 6.20 Å². The van der Waals surface area contributed by atoms with Crippen molar-refractivity contribution in [3.05, 3.63) is 11.8 Å². The number of carbonyl (C=O) groups is 2. The first-order chi connectivity index (χ1) is 6.65. The van der Waals surface area contributed by atoms with E-state index in [0.29, 0.717) is 0 Å². The zero-order valence-corrected chi connectivity index (χ0v) is 7.31. The number of aromatic nitrogens is 2. The Hall–Kier alpha value is -2.16. The Morgan fingerprint density at radius 1 is 1.64 bits per heavy atom. The molecule has 1 aliphatic rings. The van der Waals surface area contributed by atoms with Gasteiger partial charge in [0.15, 0.2) is 5.82 Å². The van der Waals surface area contributed by atoms with Crippen molar-refractivity contribution in [3.8, 4) is 6.07 Å². The van der Waals surface area contributed by atoms with Gasteiger partial charge in [-0.25, -0.2) is 0 Å². The molecule has 2 rings (SSSR count). The Bertz CT molecular complexity index is 468. The molecular weight excluding hydrogens is 184 g/mol. The quantitative estimate of drug-likeness (QED) is 0.582. The molecule has 0 saturated carbocycles. The van der Waals surface area contributed by atoms with Crippen LogP contribution in [0.25, 0.3) is 0 Å². The van der Waals surface area contributed by atoms with Crippen molar-refractivity contribution in [3.63, 3.8) is 0 Å². The fourth-order valence-electron chi connectivity index (χ4n) is 1.24. The third-order valence-electron chi connectivity index (χ3n) is 2.10. The van der Waals surface area contributed by atoms with Gasteiger partial charge in [-0.1, -0.05) is 0 Å². The van der Waals surface area contributed by atoms with Gasteiger partial charge in [-0.05, 0) is 6.92 Å². The minimum Gasteiger partial charge on any atom is -0.309 e. The van der Waals surface area contributed by atoms with Gasteiger partial charge in [0.25, 0.3) is 5.91 Å². The van der Waals surface area contributed by atoms with Crippen molar-refractivity contribution >= 4 is 17.6 Å². The second-order valence-corrected chi connectivity index (χ2v) is 2.98. The standard InChI is InChI=1S/C8H6N4O2/c1-4-7(13)11-6-5(2-9)3-10-12(6)8(4)14/h3-4H,1H3,(H,11,13). The third-order valence-corrected chi connectivity index (χ3v) is 2.10. The van der Waals surface area contributed by atoms with Gasteiger partial charge < -0.3 is 5.32 Å². The molecule has 0 bridgehead atoms. The van der Waals surface area contributed by atoms with E-state index < -0.39 is 17.7 Å². The first kappa shape index (κ1) is 8.44. The molecule has 1 atom stereocenters. The zero-order valence-electron chi connectivity index (χ0n) is 7.31. The van der Waals surface area contributed by atoms with Crippen molar-refractivity contribution in [1.29, 1.82) is 5.26 Å². The fraction of sp³-hybridized carbons (Fsp3) is 0.250. The van der Waals surface area contributed by atoms with Crippen LogP contribution in [0.1, 0.15) is 17.3 Å². The van der Waals surface area contributed by atoms with Crippen molar-refractivity contribution in [2.45, 2.75) is 6.92 Å². The maximum Gasteiger partial charge on any atom is 0.261 e. The summed E-state index contributed by atoms with van der Waals surface area (Å²) in [5, 5.41) is 14.8. The Labute approximate surface area is 79.1 Å². The number of nitriles is 1. The number of amides is 1. The molecule has 1 unspecified atom stereocenters. The maximum atomic E-state index is 11.5. The molecular formula is C8H6N4O2. The number of hydrogen-bond donors (Lipinski definition) is 1. The van der Waals surface area contributed by atoms with Gasteiger partial charge in [0.1, 0.15) is 17.6 Å². The van der Waals surface area contributed by atoms with E-state index in [2.05, 4.69) is 10.4 Å². The average Bonchev–Trinajstić information content (AvgIpc) is 2.57. The Balaban J connectivity index is 2.59. The molecule has 0 spiro atoms. The van der Waals surface area contributed by atoms with Crippen LogP contribution in [-0.2, 0) is 4.79 Å². The summed E-state index contributed by atoms with van der Waals surface area (Å²) >= 11 is 0. The lowest BCUT2D eigenvalue weighted by molar-refractivity contribution is -0.118. The first-order valence-electron chi connectivity index (χ1n) is 3.98. The monoisotopic (exact) mass is 190 g/mol. The maximum absolute atomic E-state index is 11.5. The molecule has 1 aromatic rings. The van der Waals surface area contributed by atoms with Gasteiger partial charge in [0, 0.05) is 0 Å². The van der Waals surface area contributed by atoms with Crippen LogP contribution >= 0.6 is 0 Å². The van der Waals surface area contributed by atoms with Crippen molar-refractivity contribution in [1.82, 2.24) is 9.78 Å². The highest BCUT2D eigenvalue weighted by Gasteiger charge is 2.32. The summed E-state index contributed by atoms with van der Waals surface area (Å²) in [6, 6.07) is 1.84.